The van der Waals surface area contributed by atoms with E-state index in [1.807, 2.05) is 17.5 Å². The molecule has 0 N–H and O–H groups in total. The Kier molecular flexibility index (Phi) is 4.86. The smallest absolute Gasteiger partial charge is 0.339 e. The lowest BCUT2D eigenvalue weighted by Crippen LogP contribution is -2.08. The third-order valence-electron chi connectivity index (χ3n) is 2.34. The van der Waals surface area contributed by atoms with Crippen LogP contribution < -0.4 is 0 Å². The predicted molar refractivity (Wildman–Crippen MR) is 79.7 cm³/mol. The molecule has 0 saturated carbocycles. The van der Waals surface area contributed by atoms with Crippen LogP contribution in [0.3, 0.4) is 0 Å². The van der Waals surface area contributed by atoms with Gasteiger partial charge in [0.2, 0.25) is 0 Å². The van der Waals surface area contributed by atoms with Gasteiger partial charge in [0.15, 0.2) is 0 Å². The second kappa shape index (κ2) is 6.41. The lowest BCUT2D eigenvalue weighted by atomic mass is 10.2. The standard InChI is InChI=1S/C13H11BrO2S2/c14-9-3-4-11(12(17)8-9)13(15)16-6-5-10-2-1-7-18-10/h1-4,7-8,17H,5-6H2. The van der Waals surface area contributed by atoms with Crippen LogP contribution >= 0.6 is 39.9 Å². The molecule has 0 radical (unpaired) electrons. The lowest BCUT2D eigenvalue weighted by molar-refractivity contribution is 0.0506. The molecule has 94 valence electrons. The van der Waals surface area contributed by atoms with Gasteiger partial charge >= 0.3 is 5.97 Å². The number of hydrogen-bond donors (Lipinski definition) is 1. The summed E-state index contributed by atoms with van der Waals surface area (Å²) in [6.45, 7) is 0.391. The van der Waals surface area contributed by atoms with Gasteiger partial charge in [-0.1, -0.05) is 22.0 Å². The number of benzene rings is 1. The number of rotatable bonds is 4. The van der Waals surface area contributed by atoms with Gasteiger partial charge in [-0.2, -0.15) is 0 Å². The van der Waals surface area contributed by atoms with Gasteiger partial charge in [0.25, 0.3) is 0 Å². The summed E-state index contributed by atoms with van der Waals surface area (Å²) in [4.78, 5) is 13.7. The molecular weight excluding hydrogens is 332 g/mol. The molecule has 0 fully saturated rings. The highest BCUT2D eigenvalue weighted by Gasteiger charge is 2.11. The van der Waals surface area contributed by atoms with Crippen molar-refractivity contribution in [2.24, 2.45) is 0 Å². The van der Waals surface area contributed by atoms with E-state index in [9.17, 15) is 4.79 Å². The Balaban J connectivity index is 1.91. The molecule has 5 heteroatoms. The number of halogens is 1. The summed E-state index contributed by atoms with van der Waals surface area (Å²) in [5.74, 6) is -0.330. The average molecular weight is 343 g/mol. The van der Waals surface area contributed by atoms with E-state index in [4.69, 9.17) is 4.74 Å². The van der Waals surface area contributed by atoms with E-state index in [1.165, 1.54) is 4.88 Å². The Morgan fingerprint density at radius 2 is 2.22 bits per heavy atom. The molecule has 18 heavy (non-hydrogen) atoms. The van der Waals surface area contributed by atoms with Crippen molar-refractivity contribution in [2.45, 2.75) is 11.3 Å². The van der Waals surface area contributed by atoms with Crippen LogP contribution in [0.15, 0.2) is 45.1 Å². The van der Waals surface area contributed by atoms with Gasteiger partial charge in [0, 0.05) is 20.7 Å². The number of thiol groups is 1. The highest BCUT2D eigenvalue weighted by Crippen LogP contribution is 2.20. The van der Waals surface area contributed by atoms with Crippen LogP contribution in [0.25, 0.3) is 0 Å². The molecule has 0 aliphatic heterocycles. The Morgan fingerprint density at radius 3 is 2.89 bits per heavy atom. The maximum Gasteiger partial charge on any atom is 0.339 e. The van der Waals surface area contributed by atoms with Gasteiger partial charge in [-0.15, -0.1) is 24.0 Å². The minimum atomic E-state index is -0.330. The molecule has 0 bridgehead atoms. The first-order valence-electron chi connectivity index (χ1n) is 5.35. The average Bonchev–Trinajstić information content (AvgIpc) is 2.81. The zero-order valence-electron chi connectivity index (χ0n) is 9.43. The minimum absolute atomic E-state index is 0.330. The van der Waals surface area contributed by atoms with Crippen LogP contribution in [0.2, 0.25) is 0 Å². The molecule has 2 rings (SSSR count). The molecule has 1 heterocycles. The first-order chi connectivity index (χ1) is 8.66. The van der Waals surface area contributed by atoms with Crippen LogP contribution in [0, 0.1) is 0 Å². The van der Waals surface area contributed by atoms with Crippen LogP contribution in [-0.4, -0.2) is 12.6 Å². The van der Waals surface area contributed by atoms with E-state index in [0.717, 1.165) is 10.9 Å². The van der Waals surface area contributed by atoms with Gasteiger partial charge < -0.3 is 4.74 Å². The largest absolute Gasteiger partial charge is 0.462 e. The van der Waals surface area contributed by atoms with E-state index >= 15 is 0 Å². The summed E-state index contributed by atoms with van der Waals surface area (Å²) in [5, 5.41) is 2.01. The highest BCUT2D eigenvalue weighted by atomic mass is 79.9. The van der Waals surface area contributed by atoms with Crippen molar-refractivity contribution < 1.29 is 9.53 Å². The molecule has 1 aromatic carbocycles. The van der Waals surface area contributed by atoms with Crippen LogP contribution in [0.4, 0.5) is 0 Å². The quantitative estimate of drug-likeness (QED) is 0.665. The van der Waals surface area contributed by atoms with Gasteiger partial charge in [-0.3, -0.25) is 0 Å². The molecule has 0 atom stereocenters. The fourth-order valence-corrected chi connectivity index (χ4v) is 2.99. The first kappa shape index (κ1) is 13.6. The molecular formula is C13H11BrO2S2. The van der Waals surface area contributed by atoms with Crippen molar-refractivity contribution in [3.63, 3.8) is 0 Å². The summed E-state index contributed by atoms with van der Waals surface area (Å²) in [6.07, 6.45) is 0.752. The predicted octanol–water partition coefficient (Wildman–Crippen LogP) is 4.20. The normalized spacial score (nSPS) is 10.3. The summed E-state index contributed by atoms with van der Waals surface area (Å²) in [6, 6.07) is 9.30. The Hall–Kier alpha value is -0.780. The van der Waals surface area contributed by atoms with Crippen LogP contribution in [-0.2, 0) is 11.2 Å². The zero-order chi connectivity index (χ0) is 13.0. The Labute approximate surface area is 124 Å². The lowest BCUT2D eigenvalue weighted by Gasteiger charge is -2.06. The Morgan fingerprint density at radius 1 is 1.39 bits per heavy atom. The van der Waals surface area contributed by atoms with Gasteiger partial charge in [0.1, 0.15) is 0 Å². The maximum atomic E-state index is 11.8. The number of carbonyl (C=O) groups excluding carboxylic acids is 1. The molecule has 0 aliphatic rings. The van der Waals surface area contributed by atoms with E-state index in [0.29, 0.717) is 17.1 Å². The van der Waals surface area contributed by atoms with E-state index in [1.54, 1.807) is 29.5 Å². The van der Waals surface area contributed by atoms with E-state index in [2.05, 4.69) is 28.6 Å². The molecule has 0 amide bonds. The molecule has 0 saturated heterocycles. The van der Waals surface area contributed by atoms with Crippen molar-refractivity contribution in [1.82, 2.24) is 0 Å². The third kappa shape index (κ3) is 3.60. The SMILES string of the molecule is O=C(OCCc1cccs1)c1ccc(Br)cc1S. The minimum Gasteiger partial charge on any atom is -0.462 e. The maximum absolute atomic E-state index is 11.8. The number of hydrogen-bond acceptors (Lipinski definition) is 4. The van der Waals surface area contributed by atoms with Crippen molar-refractivity contribution in [1.29, 1.82) is 0 Å². The molecule has 0 unspecified atom stereocenters. The van der Waals surface area contributed by atoms with E-state index < -0.39 is 0 Å². The molecule has 0 spiro atoms. The van der Waals surface area contributed by atoms with Gasteiger partial charge in [-0.05, 0) is 29.6 Å². The van der Waals surface area contributed by atoms with Crippen LogP contribution in [0.1, 0.15) is 15.2 Å². The summed E-state index contributed by atoms with van der Waals surface area (Å²) >= 11 is 9.25. The first-order valence-corrected chi connectivity index (χ1v) is 7.47. The van der Waals surface area contributed by atoms with Gasteiger partial charge in [-0.25, -0.2) is 4.79 Å². The van der Waals surface area contributed by atoms with Gasteiger partial charge in [0.05, 0.1) is 12.2 Å². The number of esters is 1. The topological polar surface area (TPSA) is 26.3 Å². The molecule has 0 aliphatic carbocycles. The Bertz CT molecular complexity index is 538. The van der Waals surface area contributed by atoms with Crippen molar-refractivity contribution in [3.05, 3.63) is 50.6 Å². The summed E-state index contributed by atoms with van der Waals surface area (Å²) in [7, 11) is 0. The van der Waals surface area contributed by atoms with Crippen molar-refractivity contribution >= 4 is 45.9 Å². The number of thiophene rings is 1. The molecule has 1 aromatic heterocycles. The molecule has 2 nitrogen and oxygen atoms in total. The number of ether oxygens (including phenoxy) is 1. The summed E-state index contributed by atoms with van der Waals surface area (Å²) < 4.78 is 6.12. The fourth-order valence-electron chi connectivity index (χ4n) is 1.45. The second-order valence-corrected chi connectivity index (χ2v) is 6.06. The molecule has 2 aromatic rings. The van der Waals surface area contributed by atoms with Crippen molar-refractivity contribution in [2.75, 3.05) is 6.61 Å². The zero-order valence-corrected chi connectivity index (χ0v) is 12.7. The van der Waals surface area contributed by atoms with Crippen LogP contribution in [0.5, 0.6) is 0 Å². The number of carbonyl (C=O) groups is 1. The third-order valence-corrected chi connectivity index (χ3v) is 4.14. The monoisotopic (exact) mass is 342 g/mol. The summed E-state index contributed by atoms with van der Waals surface area (Å²) in [5.41, 5.74) is 0.493. The van der Waals surface area contributed by atoms with E-state index in [-0.39, 0.29) is 5.97 Å². The fraction of sp³-hybridized carbons (Fsp3) is 0.154. The van der Waals surface area contributed by atoms with Crippen molar-refractivity contribution in [3.8, 4) is 0 Å². The highest BCUT2D eigenvalue weighted by molar-refractivity contribution is 9.10. The second-order valence-electron chi connectivity index (χ2n) is 3.63.